The molecule has 0 N–H and O–H groups in total. The maximum Gasteiger partial charge on any atom is 0.349 e. The van der Waals surface area contributed by atoms with Crippen LogP contribution in [0.25, 0.3) is 0 Å². The van der Waals surface area contributed by atoms with Crippen molar-refractivity contribution in [3.8, 4) is 0 Å². The van der Waals surface area contributed by atoms with Crippen LogP contribution in [0.5, 0.6) is 0 Å². The van der Waals surface area contributed by atoms with E-state index in [4.69, 9.17) is 4.74 Å². The number of nitrogens with zero attached hydrogens (tertiary/aromatic N) is 2. The minimum Gasteiger partial charge on any atom is -0.456 e. The molecule has 0 aliphatic rings. The summed E-state index contributed by atoms with van der Waals surface area (Å²) in [6, 6.07) is 1.85. The number of hydrogen-bond donors (Lipinski definition) is 0. The van der Waals surface area contributed by atoms with E-state index in [-0.39, 0.29) is 12.1 Å². The Bertz CT molecular complexity index is 536. The molecule has 0 aromatic carbocycles. The molecule has 18 heavy (non-hydrogen) atoms. The number of aryl methyl sites for hydroxylation is 1. The Morgan fingerprint density at radius 3 is 3.00 bits per heavy atom. The highest BCUT2D eigenvalue weighted by atomic mass is 127. The van der Waals surface area contributed by atoms with E-state index in [0.29, 0.717) is 11.4 Å². The van der Waals surface area contributed by atoms with Gasteiger partial charge in [-0.2, -0.15) is 5.10 Å². The first-order valence-electron chi connectivity index (χ1n) is 5.50. The van der Waals surface area contributed by atoms with Crippen molar-refractivity contribution in [3.63, 3.8) is 0 Å². The van der Waals surface area contributed by atoms with Crippen LogP contribution in [-0.2, 0) is 11.3 Å². The number of thiophene rings is 1. The summed E-state index contributed by atoms with van der Waals surface area (Å²) in [5.74, 6) is -0.253. The highest BCUT2D eigenvalue weighted by Crippen LogP contribution is 2.24. The molecule has 0 fully saturated rings. The summed E-state index contributed by atoms with van der Waals surface area (Å²) in [5, 5.41) is 6.05. The lowest BCUT2D eigenvalue weighted by molar-refractivity contribution is 0.0303. The molecule has 2 aromatic heterocycles. The molecule has 96 valence electrons. The van der Waals surface area contributed by atoms with Crippen LogP contribution in [0.15, 0.2) is 23.8 Å². The fraction of sp³-hybridized carbons (Fsp3) is 0.333. The van der Waals surface area contributed by atoms with Crippen LogP contribution < -0.4 is 0 Å². The molecule has 0 saturated carbocycles. The second-order valence-corrected chi connectivity index (χ2v) is 5.96. The Hall–Kier alpha value is -0.890. The Balaban J connectivity index is 1.97. The standard InChI is InChI=1S/C12H13IN2O2S/c1-8-7-18-11(10(8)13)12(16)17-9(2)6-15-5-3-4-14-15/h3-5,7,9H,6H2,1-2H3/t9-/m1/s1. The molecule has 0 bridgehead atoms. The highest BCUT2D eigenvalue weighted by molar-refractivity contribution is 14.1. The van der Waals surface area contributed by atoms with Crippen molar-refractivity contribution in [2.45, 2.75) is 26.5 Å². The first kappa shape index (κ1) is 13.5. The van der Waals surface area contributed by atoms with Gasteiger partial charge in [0, 0.05) is 16.0 Å². The van der Waals surface area contributed by atoms with E-state index in [2.05, 4.69) is 27.7 Å². The van der Waals surface area contributed by atoms with E-state index in [0.717, 1.165) is 9.13 Å². The zero-order chi connectivity index (χ0) is 13.1. The maximum atomic E-state index is 12.0. The predicted octanol–water partition coefficient (Wildman–Crippen LogP) is 3.10. The molecule has 0 unspecified atom stereocenters. The van der Waals surface area contributed by atoms with Crippen LogP contribution in [0.4, 0.5) is 0 Å². The summed E-state index contributed by atoms with van der Waals surface area (Å²) in [4.78, 5) is 12.7. The number of ether oxygens (including phenoxy) is 1. The van der Waals surface area contributed by atoms with E-state index in [1.807, 2.05) is 31.5 Å². The maximum absolute atomic E-state index is 12.0. The number of rotatable bonds is 4. The fourth-order valence-corrected chi connectivity index (χ4v) is 3.30. The van der Waals surface area contributed by atoms with Crippen molar-refractivity contribution in [1.29, 1.82) is 0 Å². The van der Waals surface area contributed by atoms with Crippen LogP contribution >= 0.6 is 33.9 Å². The van der Waals surface area contributed by atoms with Crippen LogP contribution in [0, 0.1) is 10.5 Å². The lowest BCUT2D eigenvalue weighted by atomic mass is 10.3. The number of hydrogen-bond acceptors (Lipinski definition) is 4. The van der Waals surface area contributed by atoms with E-state index in [1.165, 1.54) is 11.3 Å². The molecule has 0 aliphatic carbocycles. The summed E-state index contributed by atoms with van der Waals surface area (Å²) in [6.07, 6.45) is 3.36. The van der Waals surface area contributed by atoms with Gasteiger partial charge < -0.3 is 4.74 Å². The second kappa shape index (κ2) is 5.83. The first-order valence-corrected chi connectivity index (χ1v) is 7.45. The quantitative estimate of drug-likeness (QED) is 0.609. The van der Waals surface area contributed by atoms with Gasteiger partial charge in [-0.05, 0) is 53.4 Å². The minimum atomic E-state index is -0.253. The van der Waals surface area contributed by atoms with E-state index in [9.17, 15) is 4.79 Å². The Labute approximate surface area is 123 Å². The summed E-state index contributed by atoms with van der Waals surface area (Å²) >= 11 is 3.61. The van der Waals surface area contributed by atoms with Crippen LogP contribution in [0.3, 0.4) is 0 Å². The Morgan fingerprint density at radius 1 is 1.67 bits per heavy atom. The third-order valence-electron chi connectivity index (χ3n) is 2.40. The molecule has 2 rings (SSSR count). The lowest BCUT2D eigenvalue weighted by Gasteiger charge is -2.12. The lowest BCUT2D eigenvalue weighted by Crippen LogP contribution is -2.20. The van der Waals surface area contributed by atoms with Crippen LogP contribution in [0.2, 0.25) is 0 Å². The topological polar surface area (TPSA) is 44.1 Å². The molecule has 0 radical (unpaired) electrons. The van der Waals surface area contributed by atoms with Gasteiger partial charge in [-0.15, -0.1) is 11.3 Å². The van der Waals surface area contributed by atoms with Crippen molar-refractivity contribution in [2.75, 3.05) is 0 Å². The summed E-state index contributed by atoms with van der Waals surface area (Å²) < 4.78 is 8.14. The van der Waals surface area contributed by atoms with Gasteiger partial charge in [-0.25, -0.2) is 4.79 Å². The molecular weight excluding hydrogens is 363 g/mol. The van der Waals surface area contributed by atoms with E-state index < -0.39 is 0 Å². The molecule has 2 heterocycles. The van der Waals surface area contributed by atoms with Crippen molar-refractivity contribution >= 4 is 39.9 Å². The third kappa shape index (κ3) is 3.11. The molecule has 4 nitrogen and oxygen atoms in total. The van der Waals surface area contributed by atoms with E-state index in [1.54, 1.807) is 10.9 Å². The predicted molar refractivity (Wildman–Crippen MR) is 78.9 cm³/mol. The number of esters is 1. The van der Waals surface area contributed by atoms with Gasteiger partial charge in [0.15, 0.2) is 0 Å². The van der Waals surface area contributed by atoms with E-state index >= 15 is 0 Å². The molecular formula is C12H13IN2O2S. The van der Waals surface area contributed by atoms with Gasteiger partial charge in [-0.3, -0.25) is 4.68 Å². The van der Waals surface area contributed by atoms with Gasteiger partial charge in [0.25, 0.3) is 0 Å². The number of halogens is 1. The smallest absolute Gasteiger partial charge is 0.349 e. The largest absolute Gasteiger partial charge is 0.456 e. The fourth-order valence-electron chi connectivity index (χ4n) is 1.51. The van der Waals surface area contributed by atoms with Crippen molar-refractivity contribution in [1.82, 2.24) is 9.78 Å². The Kier molecular flexibility index (Phi) is 4.39. The molecule has 0 aliphatic heterocycles. The molecule has 1 atom stereocenters. The molecule has 6 heteroatoms. The summed E-state index contributed by atoms with van der Waals surface area (Å²) in [6.45, 7) is 4.43. The summed E-state index contributed by atoms with van der Waals surface area (Å²) in [5.41, 5.74) is 1.12. The Morgan fingerprint density at radius 2 is 2.44 bits per heavy atom. The van der Waals surface area contributed by atoms with Crippen molar-refractivity contribution < 1.29 is 9.53 Å². The highest BCUT2D eigenvalue weighted by Gasteiger charge is 2.18. The normalized spacial score (nSPS) is 12.4. The zero-order valence-electron chi connectivity index (χ0n) is 10.1. The SMILES string of the molecule is Cc1csc(C(=O)O[C@H](C)Cn2cccn2)c1I. The molecule has 0 saturated heterocycles. The average molecular weight is 376 g/mol. The number of carbonyl (C=O) groups is 1. The van der Waals surface area contributed by atoms with Gasteiger partial charge in [-0.1, -0.05) is 0 Å². The van der Waals surface area contributed by atoms with Crippen molar-refractivity contribution in [2.24, 2.45) is 0 Å². The summed E-state index contributed by atoms with van der Waals surface area (Å²) in [7, 11) is 0. The first-order chi connectivity index (χ1) is 8.58. The monoisotopic (exact) mass is 376 g/mol. The minimum absolute atomic E-state index is 0.199. The molecule has 0 amide bonds. The zero-order valence-corrected chi connectivity index (χ0v) is 13.1. The second-order valence-electron chi connectivity index (χ2n) is 4.01. The third-order valence-corrected chi connectivity index (χ3v) is 5.23. The van der Waals surface area contributed by atoms with Crippen molar-refractivity contribution in [3.05, 3.63) is 37.9 Å². The van der Waals surface area contributed by atoms with Gasteiger partial charge >= 0.3 is 5.97 Å². The van der Waals surface area contributed by atoms with Gasteiger partial charge in [0.05, 0.1) is 6.54 Å². The van der Waals surface area contributed by atoms with Gasteiger partial charge in [0.1, 0.15) is 11.0 Å². The number of carbonyl (C=O) groups excluding carboxylic acids is 1. The number of aromatic nitrogens is 2. The van der Waals surface area contributed by atoms with Crippen LogP contribution in [-0.4, -0.2) is 21.9 Å². The molecule has 2 aromatic rings. The molecule has 0 spiro atoms. The van der Waals surface area contributed by atoms with Crippen LogP contribution in [0.1, 0.15) is 22.2 Å². The average Bonchev–Trinajstić information content (AvgIpc) is 2.91. The van der Waals surface area contributed by atoms with Gasteiger partial charge in [0.2, 0.25) is 0 Å².